The highest BCUT2D eigenvalue weighted by atomic mass is 35.5. The van der Waals surface area contributed by atoms with Gasteiger partial charge in [0.2, 0.25) is 0 Å². The standard InChI is InChI=1S/C12H12Cl2N2O3/c13-8-4-7(5-9(14)15-8)11(19)16-12(2-1-3-12)6-10(17)18/h4-5H,1-3,6H2,(H,16,19)(H,17,18). The van der Waals surface area contributed by atoms with Gasteiger partial charge in [0.15, 0.2) is 0 Å². The minimum absolute atomic E-state index is 0.0781. The molecule has 1 fully saturated rings. The fourth-order valence-electron chi connectivity index (χ4n) is 2.15. The molecule has 0 unspecified atom stereocenters. The molecule has 0 radical (unpaired) electrons. The Labute approximate surface area is 119 Å². The molecule has 0 aromatic carbocycles. The van der Waals surface area contributed by atoms with Gasteiger partial charge in [0, 0.05) is 5.56 Å². The molecule has 1 saturated carbocycles. The van der Waals surface area contributed by atoms with Crippen LogP contribution in [0.2, 0.25) is 10.3 Å². The lowest BCUT2D eigenvalue weighted by molar-refractivity contribution is -0.139. The third-order valence-corrected chi connectivity index (χ3v) is 3.59. The van der Waals surface area contributed by atoms with Crippen LogP contribution in [-0.2, 0) is 4.79 Å². The molecule has 0 saturated heterocycles. The first kappa shape index (κ1) is 14.1. The van der Waals surface area contributed by atoms with Crippen molar-refractivity contribution in [2.45, 2.75) is 31.2 Å². The molecule has 7 heteroatoms. The molecule has 1 aromatic heterocycles. The quantitative estimate of drug-likeness (QED) is 0.838. The second-order valence-electron chi connectivity index (χ2n) is 4.66. The molecule has 1 aliphatic carbocycles. The summed E-state index contributed by atoms with van der Waals surface area (Å²) in [5, 5.41) is 11.9. The van der Waals surface area contributed by atoms with Crippen molar-refractivity contribution in [1.82, 2.24) is 10.3 Å². The summed E-state index contributed by atoms with van der Waals surface area (Å²) in [5.74, 6) is -1.31. The summed E-state index contributed by atoms with van der Waals surface area (Å²) in [6.45, 7) is 0. The Hall–Kier alpha value is -1.33. The largest absolute Gasteiger partial charge is 0.481 e. The van der Waals surface area contributed by atoms with Gasteiger partial charge in [-0.2, -0.15) is 0 Å². The van der Waals surface area contributed by atoms with Crippen LogP contribution in [0.4, 0.5) is 0 Å². The van der Waals surface area contributed by atoms with E-state index < -0.39 is 11.5 Å². The van der Waals surface area contributed by atoms with Gasteiger partial charge in [0.25, 0.3) is 5.91 Å². The minimum Gasteiger partial charge on any atom is -0.481 e. The summed E-state index contributed by atoms with van der Waals surface area (Å²) in [4.78, 5) is 26.7. The van der Waals surface area contributed by atoms with Crippen molar-refractivity contribution in [3.8, 4) is 0 Å². The summed E-state index contributed by atoms with van der Waals surface area (Å²) >= 11 is 11.5. The molecular weight excluding hydrogens is 291 g/mol. The third kappa shape index (κ3) is 3.36. The number of aliphatic carboxylic acids is 1. The van der Waals surface area contributed by atoms with Crippen molar-refractivity contribution in [3.63, 3.8) is 0 Å². The van der Waals surface area contributed by atoms with Crippen LogP contribution in [0.1, 0.15) is 36.0 Å². The van der Waals surface area contributed by atoms with Crippen molar-refractivity contribution in [2.75, 3.05) is 0 Å². The average molecular weight is 303 g/mol. The van der Waals surface area contributed by atoms with Gasteiger partial charge in [-0.3, -0.25) is 9.59 Å². The Kier molecular flexibility index (Phi) is 3.96. The van der Waals surface area contributed by atoms with Crippen LogP contribution in [0.15, 0.2) is 12.1 Å². The number of nitrogens with zero attached hydrogens (tertiary/aromatic N) is 1. The SMILES string of the molecule is O=C(O)CC1(NC(=O)c2cc(Cl)nc(Cl)c2)CCC1. The van der Waals surface area contributed by atoms with E-state index in [1.54, 1.807) is 0 Å². The topological polar surface area (TPSA) is 79.3 Å². The molecule has 5 nitrogen and oxygen atoms in total. The highest BCUT2D eigenvalue weighted by Crippen LogP contribution is 2.35. The average Bonchev–Trinajstić information content (AvgIpc) is 2.23. The van der Waals surface area contributed by atoms with Crippen molar-refractivity contribution in [3.05, 3.63) is 28.0 Å². The first-order valence-electron chi connectivity index (χ1n) is 5.78. The van der Waals surface area contributed by atoms with Crippen LogP contribution in [0.25, 0.3) is 0 Å². The number of pyridine rings is 1. The summed E-state index contributed by atoms with van der Waals surface area (Å²) in [5.41, 5.74) is -0.368. The van der Waals surface area contributed by atoms with Gasteiger partial charge in [-0.05, 0) is 31.4 Å². The Bertz CT molecular complexity index is 509. The van der Waals surface area contributed by atoms with Crippen molar-refractivity contribution in [1.29, 1.82) is 0 Å². The molecule has 0 spiro atoms. The summed E-state index contributed by atoms with van der Waals surface area (Å²) in [7, 11) is 0. The van der Waals surface area contributed by atoms with Crippen LogP contribution >= 0.6 is 23.2 Å². The smallest absolute Gasteiger partial charge is 0.305 e. The first-order chi connectivity index (χ1) is 8.90. The second kappa shape index (κ2) is 5.35. The number of carboxylic acid groups (broad SMARTS) is 1. The molecule has 1 heterocycles. The van der Waals surface area contributed by atoms with E-state index in [1.165, 1.54) is 12.1 Å². The van der Waals surface area contributed by atoms with Crippen molar-refractivity contribution < 1.29 is 14.7 Å². The number of hydrogen-bond acceptors (Lipinski definition) is 3. The number of aromatic nitrogens is 1. The molecule has 2 rings (SSSR count). The molecule has 19 heavy (non-hydrogen) atoms. The lowest BCUT2D eigenvalue weighted by Crippen LogP contribution is -2.54. The Morgan fingerprint density at radius 3 is 2.32 bits per heavy atom. The van der Waals surface area contributed by atoms with Gasteiger partial charge in [0.1, 0.15) is 10.3 Å². The summed E-state index contributed by atoms with van der Waals surface area (Å²) in [6.07, 6.45) is 2.16. The fourth-order valence-corrected chi connectivity index (χ4v) is 2.61. The maximum Gasteiger partial charge on any atom is 0.305 e. The molecule has 2 N–H and O–H groups in total. The number of rotatable bonds is 4. The first-order valence-corrected chi connectivity index (χ1v) is 6.53. The van der Waals surface area contributed by atoms with E-state index in [4.69, 9.17) is 28.3 Å². The van der Waals surface area contributed by atoms with Crippen molar-refractivity contribution in [2.24, 2.45) is 0 Å². The monoisotopic (exact) mass is 302 g/mol. The van der Waals surface area contributed by atoms with E-state index in [0.717, 1.165) is 6.42 Å². The van der Waals surface area contributed by atoms with E-state index in [9.17, 15) is 9.59 Å². The van der Waals surface area contributed by atoms with Crippen LogP contribution in [0.5, 0.6) is 0 Å². The number of nitrogens with one attached hydrogen (secondary N) is 1. The lowest BCUT2D eigenvalue weighted by atomic mass is 9.74. The fraction of sp³-hybridized carbons (Fsp3) is 0.417. The van der Waals surface area contributed by atoms with E-state index >= 15 is 0 Å². The molecule has 0 bridgehead atoms. The highest BCUT2D eigenvalue weighted by Gasteiger charge is 2.40. The third-order valence-electron chi connectivity index (χ3n) is 3.20. The zero-order valence-electron chi connectivity index (χ0n) is 9.95. The Morgan fingerprint density at radius 2 is 1.89 bits per heavy atom. The zero-order valence-corrected chi connectivity index (χ0v) is 11.5. The zero-order chi connectivity index (χ0) is 14.0. The van der Waals surface area contributed by atoms with Gasteiger partial charge in [-0.1, -0.05) is 23.2 Å². The van der Waals surface area contributed by atoms with Gasteiger partial charge in [0.05, 0.1) is 12.0 Å². The predicted octanol–water partition coefficient (Wildman–Crippen LogP) is 2.52. The van der Waals surface area contributed by atoms with Gasteiger partial charge >= 0.3 is 5.97 Å². The number of amides is 1. The Morgan fingerprint density at radius 1 is 1.32 bits per heavy atom. The summed E-state index contributed by atoms with van der Waals surface area (Å²) in [6, 6.07) is 2.80. The Balaban J connectivity index is 2.13. The van der Waals surface area contributed by atoms with Crippen LogP contribution < -0.4 is 5.32 Å². The van der Waals surface area contributed by atoms with Gasteiger partial charge in [-0.25, -0.2) is 4.98 Å². The van der Waals surface area contributed by atoms with E-state index in [0.29, 0.717) is 12.8 Å². The second-order valence-corrected chi connectivity index (χ2v) is 5.43. The van der Waals surface area contributed by atoms with Crippen LogP contribution in [-0.4, -0.2) is 27.5 Å². The maximum atomic E-state index is 12.1. The van der Waals surface area contributed by atoms with Crippen molar-refractivity contribution >= 4 is 35.1 Å². The van der Waals surface area contributed by atoms with Gasteiger partial charge in [-0.15, -0.1) is 0 Å². The summed E-state index contributed by atoms with van der Waals surface area (Å²) < 4.78 is 0. The van der Waals surface area contributed by atoms with Crippen LogP contribution in [0, 0.1) is 0 Å². The highest BCUT2D eigenvalue weighted by molar-refractivity contribution is 6.33. The number of carbonyl (C=O) groups excluding carboxylic acids is 1. The molecule has 1 amide bonds. The normalized spacial score (nSPS) is 16.5. The molecular formula is C12H12Cl2N2O3. The molecule has 102 valence electrons. The lowest BCUT2D eigenvalue weighted by Gasteiger charge is -2.41. The van der Waals surface area contributed by atoms with E-state index in [2.05, 4.69) is 10.3 Å². The number of hydrogen-bond donors (Lipinski definition) is 2. The van der Waals surface area contributed by atoms with E-state index in [1.807, 2.05) is 0 Å². The molecule has 1 aliphatic rings. The van der Waals surface area contributed by atoms with Gasteiger partial charge < -0.3 is 10.4 Å². The number of carbonyl (C=O) groups is 2. The van der Waals surface area contributed by atoms with E-state index in [-0.39, 0.29) is 28.2 Å². The maximum absolute atomic E-state index is 12.1. The minimum atomic E-state index is -0.925. The number of halogens is 2. The molecule has 0 atom stereocenters. The predicted molar refractivity (Wildman–Crippen MR) is 70.6 cm³/mol. The number of carboxylic acids is 1. The molecule has 0 aliphatic heterocycles. The van der Waals surface area contributed by atoms with Crippen LogP contribution in [0.3, 0.4) is 0 Å². The molecule has 1 aromatic rings.